The number of benzene rings is 2. The lowest BCUT2D eigenvalue weighted by molar-refractivity contribution is -0.117. The number of hydrogen-bond acceptors (Lipinski definition) is 9. The second-order valence-electron chi connectivity index (χ2n) is 10.6. The number of nitrogens with zero attached hydrogens (tertiary/aromatic N) is 7. The molecule has 2 aromatic carbocycles. The molecule has 2 aliphatic heterocycles. The van der Waals surface area contributed by atoms with Crippen molar-refractivity contribution in [1.29, 1.82) is 0 Å². The Balaban J connectivity index is 1.28. The number of hydrogen-bond donors (Lipinski definition) is 0. The molecule has 206 valence electrons. The summed E-state index contributed by atoms with van der Waals surface area (Å²) in [6, 6.07) is 6.63. The van der Waals surface area contributed by atoms with E-state index in [2.05, 4.69) is 25.3 Å². The van der Waals surface area contributed by atoms with Crippen LogP contribution in [0.2, 0.25) is 0 Å². The van der Waals surface area contributed by atoms with Crippen molar-refractivity contribution < 1.29 is 18.1 Å². The first-order chi connectivity index (χ1) is 19.3. The second kappa shape index (κ2) is 10.3. The van der Waals surface area contributed by atoms with Gasteiger partial charge >= 0.3 is 0 Å². The fourth-order valence-electron chi connectivity index (χ4n) is 5.47. The van der Waals surface area contributed by atoms with Gasteiger partial charge in [-0.3, -0.25) is 4.79 Å². The van der Waals surface area contributed by atoms with Crippen molar-refractivity contribution in [2.75, 3.05) is 29.4 Å². The van der Waals surface area contributed by atoms with Crippen molar-refractivity contribution in [2.45, 2.75) is 51.0 Å². The van der Waals surface area contributed by atoms with Gasteiger partial charge in [0.15, 0.2) is 5.82 Å². The Bertz CT molecular complexity index is 1600. The minimum Gasteiger partial charge on any atom is -0.356 e. The molecule has 4 aromatic rings. The first-order valence-corrected chi connectivity index (χ1v) is 13.3. The van der Waals surface area contributed by atoms with Crippen LogP contribution in [0.25, 0.3) is 22.0 Å². The number of aromatic nitrogens is 4. The number of halogens is 2. The third-order valence-corrected chi connectivity index (χ3v) is 7.63. The van der Waals surface area contributed by atoms with E-state index in [4.69, 9.17) is 4.52 Å². The highest BCUT2D eigenvalue weighted by Crippen LogP contribution is 2.37. The molecule has 0 saturated carbocycles. The molecule has 0 N–H and O–H groups in total. The van der Waals surface area contributed by atoms with E-state index in [1.807, 2.05) is 18.7 Å². The van der Waals surface area contributed by atoms with E-state index >= 15 is 8.78 Å². The highest BCUT2D eigenvalue weighted by Gasteiger charge is 2.33. The third-order valence-electron chi connectivity index (χ3n) is 7.63. The first-order valence-electron chi connectivity index (χ1n) is 13.3. The van der Waals surface area contributed by atoms with Crippen LogP contribution in [-0.4, -0.2) is 51.7 Å². The van der Waals surface area contributed by atoms with Crippen molar-refractivity contribution in [2.24, 2.45) is 5.18 Å². The van der Waals surface area contributed by atoms with Crippen molar-refractivity contribution in [3.05, 3.63) is 64.9 Å². The molecule has 10 nitrogen and oxygen atoms in total. The maximum absolute atomic E-state index is 15.3. The lowest BCUT2D eigenvalue weighted by Gasteiger charge is -2.32. The Morgan fingerprint density at radius 3 is 2.55 bits per heavy atom. The van der Waals surface area contributed by atoms with Crippen LogP contribution in [0.1, 0.15) is 56.7 Å². The molecule has 0 unspecified atom stereocenters. The zero-order chi connectivity index (χ0) is 28.0. The van der Waals surface area contributed by atoms with E-state index in [1.165, 1.54) is 29.4 Å². The summed E-state index contributed by atoms with van der Waals surface area (Å²) < 4.78 is 35.9. The fourth-order valence-corrected chi connectivity index (χ4v) is 5.47. The van der Waals surface area contributed by atoms with Gasteiger partial charge in [-0.15, -0.1) is 0 Å². The number of nitroso groups, excluding NO2 is 1. The lowest BCUT2D eigenvalue weighted by Crippen LogP contribution is -2.34. The van der Waals surface area contributed by atoms with Crippen molar-refractivity contribution >= 4 is 28.3 Å². The molecule has 0 radical (unpaired) electrons. The van der Waals surface area contributed by atoms with Crippen LogP contribution < -0.4 is 9.80 Å². The molecule has 1 atom stereocenters. The van der Waals surface area contributed by atoms with Crippen LogP contribution in [0.4, 0.5) is 20.3 Å². The molecule has 0 spiro atoms. The molecule has 6 rings (SSSR count). The fraction of sp³-hybridized carbons (Fsp3) is 0.393. The molecule has 2 fully saturated rings. The quantitative estimate of drug-likeness (QED) is 0.297. The zero-order valence-electron chi connectivity index (χ0n) is 22.0. The van der Waals surface area contributed by atoms with Gasteiger partial charge in [-0.2, -0.15) is 9.89 Å². The maximum Gasteiger partial charge on any atom is 0.229 e. The molecule has 2 aromatic heterocycles. The summed E-state index contributed by atoms with van der Waals surface area (Å²) in [6.45, 7) is 5.28. The Morgan fingerprint density at radius 2 is 1.88 bits per heavy atom. The Labute approximate surface area is 228 Å². The largest absolute Gasteiger partial charge is 0.356 e. The van der Waals surface area contributed by atoms with Gasteiger partial charge in [-0.1, -0.05) is 30.2 Å². The number of fused-ring (bicyclic) bond motifs is 1. The Kier molecular flexibility index (Phi) is 6.68. The van der Waals surface area contributed by atoms with Gasteiger partial charge in [-0.25, -0.2) is 18.7 Å². The standard InChI is InChI=1S/C28H27F2N7O3/c1-15(2)28-33-26(35-40-28)16-7-9-36(10-8-16)27-24-20(29)5-4-19(25(24)31-14-32-27)17-3-6-22(21(30)11-17)37-13-18(34-39)12-23(37)38/h3-6,11,14-16,18H,7-10,12-13H2,1-2H3/t18-/m0/s1. The first kappa shape index (κ1) is 25.9. The average molecular weight is 548 g/mol. The molecule has 0 bridgehead atoms. The van der Waals surface area contributed by atoms with Crippen molar-refractivity contribution in [3.63, 3.8) is 0 Å². The number of rotatable bonds is 6. The number of amides is 1. The van der Waals surface area contributed by atoms with E-state index in [9.17, 15) is 9.70 Å². The summed E-state index contributed by atoms with van der Waals surface area (Å²) in [5.74, 6) is 0.635. The van der Waals surface area contributed by atoms with Crippen LogP contribution in [0.3, 0.4) is 0 Å². The topological polar surface area (TPSA) is 118 Å². The predicted molar refractivity (Wildman–Crippen MR) is 144 cm³/mol. The zero-order valence-corrected chi connectivity index (χ0v) is 22.0. The maximum atomic E-state index is 15.3. The van der Waals surface area contributed by atoms with Crippen LogP contribution in [0, 0.1) is 16.5 Å². The molecule has 12 heteroatoms. The number of carbonyl (C=O) groups excluding carboxylic acids is 1. The third kappa shape index (κ3) is 4.56. The molecule has 4 heterocycles. The highest BCUT2D eigenvalue weighted by atomic mass is 19.1. The summed E-state index contributed by atoms with van der Waals surface area (Å²) in [5.41, 5.74) is 1.45. The van der Waals surface area contributed by atoms with E-state index < -0.39 is 17.7 Å². The average Bonchev–Trinajstić information content (AvgIpc) is 3.60. The summed E-state index contributed by atoms with van der Waals surface area (Å²) in [7, 11) is 0. The van der Waals surface area contributed by atoms with Gasteiger partial charge in [0, 0.05) is 30.5 Å². The van der Waals surface area contributed by atoms with Crippen molar-refractivity contribution in [3.8, 4) is 11.1 Å². The van der Waals surface area contributed by atoms with Crippen LogP contribution in [0.5, 0.6) is 0 Å². The molecule has 0 aliphatic carbocycles. The summed E-state index contributed by atoms with van der Waals surface area (Å²) in [5, 5.41) is 7.35. The Morgan fingerprint density at radius 1 is 1.07 bits per heavy atom. The highest BCUT2D eigenvalue weighted by molar-refractivity contribution is 6.00. The summed E-state index contributed by atoms with van der Waals surface area (Å²) >= 11 is 0. The van der Waals surface area contributed by atoms with Crippen LogP contribution >= 0.6 is 0 Å². The number of piperidine rings is 1. The van der Waals surface area contributed by atoms with Gasteiger partial charge < -0.3 is 14.3 Å². The Hall–Kier alpha value is -4.35. The van der Waals surface area contributed by atoms with Crippen molar-refractivity contribution in [1.82, 2.24) is 20.1 Å². The minimum atomic E-state index is -0.697. The smallest absolute Gasteiger partial charge is 0.229 e. The van der Waals surface area contributed by atoms with Gasteiger partial charge in [0.25, 0.3) is 0 Å². The lowest BCUT2D eigenvalue weighted by atomic mass is 9.95. The molecule has 2 saturated heterocycles. The SMILES string of the molecule is CC(C)c1nc(C2CCN(c3ncnc4c(-c5ccc(N6C[C@@H](N=O)CC6=O)c(F)c5)ccc(F)c34)CC2)no1. The molecule has 2 aliphatic rings. The second-order valence-corrected chi connectivity index (χ2v) is 10.6. The van der Waals surface area contributed by atoms with Gasteiger partial charge in [0.05, 0.1) is 29.6 Å². The minimum absolute atomic E-state index is 0.0387. The molecular weight excluding hydrogens is 520 g/mol. The normalized spacial score (nSPS) is 18.3. The van der Waals surface area contributed by atoms with Gasteiger partial charge in [0.2, 0.25) is 11.8 Å². The van der Waals surface area contributed by atoms with E-state index in [1.54, 1.807) is 12.1 Å². The number of carbonyl (C=O) groups is 1. The molecule has 1 amide bonds. The van der Waals surface area contributed by atoms with Gasteiger partial charge in [-0.05, 0) is 42.7 Å². The monoisotopic (exact) mass is 547 g/mol. The summed E-state index contributed by atoms with van der Waals surface area (Å²) in [4.78, 5) is 39.7. The molecular formula is C28H27F2N7O3. The van der Waals surface area contributed by atoms with Gasteiger partial charge in [0.1, 0.15) is 29.8 Å². The number of anilines is 2. The van der Waals surface area contributed by atoms with Crippen LogP contribution in [-0.2, 0) is 4.79 Å². The summed E-state index contributed by atoms with van der Waals surface area (Å²) in [6.07, 6.45) is 2.86. The van der Waals surface area contributed by atoms with Crippen LogP contribution in [0.15, 0.2) is 46.4 Å². The molecule has 40 heavy (non-hydrogen) atoms. The predicted octanol–water partition coefficient (Wildman–Crippen LogP) is 5.34. The van der Waals surface area contributed by atoms with E-state index in [0.29, 0.717) is 47.3 Å². The van der Waals surface area contributed by atoms with E-state index in [0.717, 1.165) is 12.8 Å². The van der Waals surface area contributed by atoms with E-state index in [-0.39, 0.29) is 41.8 Å².